The van der Waals surface area contributed by atoms with E-state index < -0.39 is 6.04 Å². The van der Waals surface area contributed by atoms with Crippen molar-refractivity contribution < 1.29 is 9.53 Å². The van der Waals surface area contributed by atoms with Crippen LogP contribution in [0.3, 0.4) is 0 Å². The number of hydrogen-bond donors (Lipinski definition) is 1. The van der Waals surface area contributed by atoms with Crippen LogP contribution in [0, 0.1) is 0 Å². The van der Waals surface area contributed by atoms with Gasteiger partial charge in [-0.15, -0.1) is 0 Å². The Kier molecular flexibility index (Phi) is 5.49. The van der Waals surface area contributed by atoms with Crippen molar-refractivity contribution in [1.29, 1.82) is 0 Å². The van der Waals surface area contributed by atoms with Crippen LogP contribution >= 0.6 is 15.9 Å². The molecule has 0 spiro atoms. The molecule has 0 bridgehead atoms. The summed E-state index contributed by atoms with van der Waals surface area (Å²) in [6.45, 7) is 2.27. The Morgan fingerprint density at radius 1 is 1.44 bits per heavy atom. The fourth-order valence-electron chi connectivity index (χ4n) is 1.27. The molecular formula is C12H16BrNO2. The van der Waals surface area contributed by atoms with E-state index >= 15 is 0 Å². The normalized spacial score (nSPS) is 12.2. The van der Waals surface area contributed by atoms with Gasteiger partial charge in [-0.1, -0.05) is 41.4 Å². The van der Waals surface area contributed by atoms with Gasteiger partial charge in [-0.3, -0.25) is 4.79 Å². The number of benzene rings is 1. The Morgan fingerprint density at radius 2 is 2.06 bits per heavy atom. The molecule has 0 fully saturated rings. The summed E-state index contributed by atoms with van der Waals surface area (Å²) in [5.41, 5.74) is 6.59. The van der Waals surface area contributed by atoms with Crippen molar-refractivity contribution in [2.75, 3.05) is 0 Å². The molecule has 1 rings (SSSR count). The summed E-state index contributed by atoms with van der Waals surface area (Å²) < 4.78 is 6.11. The Balaban J connectivity index is 2.39. The molecule has 0 saturated heterocycles. The summed E-state index contributed by atoms with van der Waals surface area (Å²) in [6.07, 6.45) is 1.55. The number of nitrogens with two attached hydrogens (primary N) is 1. The van der Waals surface area contributed by atoms with Crippen molar-refractivity contribution in [2.45, 2.75) is 32.4 Å². The zero-order valence-corrected chi connectivity index (χ0v) is 10.9. The van der Waals surface area contributed by atoms with Gasteiger partial charge in [0, 0.05) is 4.47 Å². The molecule has 0 amide bonds. The lowest BCUT2D eigenvalue weighted by Gasteiger charge is -2.10. The van der Waals surface area contributed by atoms with Gasteiger partial charge in [0.15, 0.2) is 0 Å². The number of carbonyl (C=O) groups excluding carboxylic acids is 1. The van der Waals surface area contributed by atoms with E-state index in [9.17, 15) is 4.79 Å². The minimum absolute atomic E-state index is 0.281. The molecule has 16 heavy (non-hydrogen) atoms. The molecule has 0 aromatic heterocycles. The fourth-order valence-corrected chi connectivity index (χ4v) is 1.54. The van der Waals surface area contributed by atoms with Crippen molar-refractivity contribution in [1.82, 2.24) is 0 Å². The third-order valence-electron chi connectivity index (χ3n) is 2.20. The molecule has 1 atom stereocenters. The van der Waals surface area contributed by atoms with Crippen LogP contribution in [0.25, 0.3) is 0 Å². The van der Waals surface area contributed by atoms with Crippen LogP contribution in [0.2, 0.25) is 0 Å². The van der Waals surface area contributed by atoms with Gasteiger partial charge in [0.25, 0.3) is 0 Å². The van der Waals surface area contributed by atoms with E-state index in [0.29, 0.717) is 6.42 Å². The van der Waals surface area contributed by atoms with Crippen molar-refractivity contribution in [3.8, 4) is 0 Å². The quantitative estimate of drug-likeness (QED) is 0.846. The molecule has 88 valence electrons. The van der Waals surface area contributed by atoms with Gasteiger partial charge in [0.2, 0.25) is 0 Å². The highest BCUT2D eigenvalue weighted by Crippen LogP contribution is 2.11. The summed E-state index contributed by atoms with van der Waals surface area (Å²) >= 11 is 3.34. The minimum atomic E-state index is -0.500. The third kappa shape index (κ3) is 4.33. The maximum absolute atomic E-state index is 11.4. The van der Waals surface area contributed by atoms with E-state index in [1.165, 1.54) is 0 Å². The average molecular weight is 286 g/mol. The Labute approximate surface area is 104 Å². The summed E-state index contributed by atoms with van der Waals surface area (Å²) in [5, 5.41) is 0. The first-order valence-electron chi connectivity index (χ1n) is 5.30. The molecule has 1 aromatic rings. The second-order valence-corrected chi connectivity index (χ2v) is 4.55. The number of hydrogen-bond acceptors (Lipinski definition) is 3. The van der Waals surface area contributed by atoms with Crippen LogP contribution < -0.4 is 5.73 Å². The second-order valence-electron chi connectivity index (χ2n) is 3.63. The lowest BCUT2D eigenvalue weighted by atomic mass is 10.2. The van der Waals surface area contributed by atoms with Crippen LogP contribution in [0.1, 0.15) is 25.3 Å². The molecule has 0 aliphatic heterocycles. The first-order valence-corrected chi connectivity index (χ1v) is 6.09. The van der Waals surface area contributed by atoms with Crippen molar-refractivity contribution in [3.05, 3.63) is 34.3 Å². The zero-order chi connectivity index (χ0) is 12.0. The number of ether oxygens (including phenoxy) is 1. The molecule has 2 N–H and O–H groups in total. The first-order chi connectivity index (χ1) is 7.63. The maximum atomic E-state index is 11.4. The first kappa shape index (κ1) is 13.2. The van der Waals surface area contributed by atoms with E-state index in [0.717, 1.165) is 16.5 Å². The Hall–Kier alpha value is -0.870. The summed E-state index contributed by atoms with van der Waals surface area (Å²) in [6, 6.07) is 7.14. The summed E-state index contributed by atoms with van der Waals surface area (Å²) in [4.78, 5) is 11.4. The summed E-state index contributed by atoms with van der Waals surface area (Å²) in [5.74, 6) is -0.329. The van der Waals surface area contributed by atoms with Crippen molar-refractivity contribution >= 4 is 21.9 Å². The van der Waals surface area contributed by atoms with E-state index in [1.807, 2.05) is 31.2 Å². The van der Waals surface area contributed by atoms with E-state index in [4.69, 9.17) is 10.5 Å². The molecule has 0 unspecified atom stereocenters. The molecule has 0 saturated carbocycles. The van der Waals surface area contributed by atoms with Gasteiger partial charge in [-0.2, -0.15) is 0 Å². The lowest BCUT2D eigenvalue weighted by molar-refractivity contribution is -0.146. The molecule has 1 aromatic carbocycles. The van der Waals surface area contributed by atoms with Crippen LogP contribution in [0.4, 0.5) is 0 Å². The fraction of sp³-hybridized carbons (Fsp3) is 0.417. The highest BCUT2D eigenvalue weighted by molar-refractivity contribution is 9.10. The molecule has 0 heterocycles. The van der Waals surface area contributed by atoms with Crippen LogP contribution in [-0.2, 0) is 16.1 Å². The molecule has 4 heteroatoms. The molecule has 0 aliphatic carbocycles. The molecular weight excluding hydrogens is 270 g/mol. The number of esters is 1. The number of rotatable bonds is 5. The highest BCUT2D eigenvalue weighted by atomic mass is 79.9. The Bertz CT molecular complexity index is 337. The van der Waals surface area contributed by atoms with Gasteiger partial charge < -0.3 is 10.5 Å². The molecule has 3 nitrogen and oxygen atoms in total. The standard InChI is InChI=1S/C12H16BrNO2/c1-2-3-11(14)12(15)16-8-9-4-6-10(13)7-5-9/h4-7,11H,2-3,8,14H2,1H3/t11-/m1/s1. The van der Waals surface area contributed by atoms with Crippen LogP contribution in [0.15, 0.2) is 28.7 Å². The summed E-state index contributed by atoms with van der Waals surface area (Å²) in [7, 11) is 0. The van der Waals surface area contributed by atoms with Gasteiger partial charge in [-0.05, 0) is 24.1 Å². The zero-order valence-electron chi connectivity index (χ0n) is 9.28. The van der Waals surface area contributed by atoms with Gasteiger partial charge in [0.05, 0.1) is 0 Å². The van der Waals surface area contributed by atoms with Crippen LogP contribution in [0.5, 0.6) is 0 Å². The highest BCUT2D eigenvalue weighted by Gasteiger charge is 2.13. The predicted molar refractivity (Wildman–Crippen MR) is 66.8 cm³/mol. The van der Waals surface area contributed by atoms with Gasteiger partial charge in [-0.25, -0.2) is 0 Å². The SMILES string of the molecule is CCC[C@@H](N)C(=O)OCc1ccc(Br)cc1. The van der Waals surface area contributed by atoms with E-state index in [2.05, 4.69) is 15.9 Å². The Morgan fingerprint density at radius 3 is 2.62 bits per heavy atom. The minimum Gasteiger partial charge on any atom is -0.460 e. The topological polar surface area (TPSA) is 52.3 Å². The predicted octanol–water partition coefficient (Wildman–Crippen LogP) is 2.62. The monoisotopic (exact) mass is 285 g/mol. The molecule has 0 aliphatic rings. The maximum Gasteiger partial charge on any atom is 0.323 e. The van der Waals surface area contributed by atoms with Crippen molar-refractivity contribution in [2.24, 2.45) is 5.73 Å². The molecule has 0 radical (unpaired) electrons. The largest absolute Gasteiger partial charge is 0.460 e. The number of carbonyl (C=O) groups is 1. The second kappa shape index (κ2) is 6.66. The number of halogens is 1. The van der Waals surface area contributed by atoms with Crippen LogP contribution in [-0.4, -0.2) is 12.0 Å². The van der Waals surface area contributed by atoms with Crippen molar-refractivity contribution in [3.63, 3.8) is 0 Å². The van der Waals surface area contributed by atoms with Gasteiger partial charge in [0.1, 0.15) is 12.6 Å². The van der Waals surface area contributed by atoms with E-state index in [-0.39, 0.29) is 12.6 Å². The average Bonchev–Trinajstić information content (AvgIpc) is 2.28. The third-order valence-corrected chi connectivity index (χ3v) is 2.73. The smallest absolute Gasteiger partial charge is 0.323 e. The lowest BCUT2D eigenvalue weighted by Crippen LogP contribution is -2.31. The van der Waals surface area contributed by atoms with E-state index in [1.54, 1.807) is 0 Å². The van der Waals surface area contributed by atoms with Gasteiger partial charge >= 0.3 is 5.97 Å².